The van der Waals surface area contributed by atoms with Crippen LogP contribution in [-0.2, 0) is 17.8 Å². The molecular weight excluding hydrogens is 304 g/mol. The summed E-state index contributed by atoms with van der Waals surface area (Å²) >= 11 is 0. The molecule has 1 N–H and O–H groups in total. The van der Waals surface area contributed by atoms with Gasteiger partial charge in [-0.05, 0) is 17.5 Å². The normalized spacial score (nSPS) is 16.6. The Hall–Kier alpha value is -1.85. The molecule has 0 unspecified atom stereocenters. The van der Waals surface area contributed by atoms with Gasteiger partial charge in [0, 0.05) is 19.0 Å². The predicted molar refractivity (Wildman–Crippen MR) is 92.0 cm³/mol. The molecule has 2 aromatic rings. The average Bonchev–Trinajstić information content (AvgIpc) is 2.95. The minimum Gasteiger partial charge on any atom is -0.486 e. The first-order valence-corrected chi connectivity index (χ1v) is 8.39. The molecule has 0 radical (unpaired) electrons. The fourth-order valence-corrected chi connectivity index (χ4v) is 2.59. The van der Waals surface area contributed by atoms with Gasteiger partial charge in [0.1, 0.15) is 12.4 Å². The van der Waals surface area contributed by atoms with Crippen molar-refractivity contribution < 1.29 is 14.0 Å². The summed E-state index contributed by atoms with van der Waals surface area (Å²) in [5.74, 6) is 1.56. The SMILES string of the molecule is CC(C)(C)CNC1(Cc2cc(COc3ccccc3)on2)COC1. The first-order valence-electron chi connectivity index (χ1n) is 8.39. The minimum absolute atomic E-state index is 0.0261. The largest absolute Gasteiger partial charge is 0.486 e. The van der Waals surface area contributed by atoms with E-state index in [1.54, 1.807) is 0 Å². The van der Waals surface area contributed by atoms with Crippen molar-refractivity contribution in [2.75, 3.05) is 19.8 Å². The summed E-state index contributed by atoms with van der Waals surface area (Å²) < 4.78 is 16.5. The molecular formula is C19H26N2O3. The van der Waals surface area contributed by atoms with Gasteiger partial charge in [-0.1, -0.05) is 44.1 Å². The third-order valence-electron chi connectivity index (χ3n) is 4.00. The Bertz CT molecular complexity index is 642. The topological polar surface area (TPSA) is 56.5 Å². The third kappa shape index (κ3) is 4.58. The maximum absolute atomic E-state index is 5.69. The van der Waals surface area contributed by atoms with Crippen molar-refractivity contribution in [1.82, 2.24) is 10.5 Å². The Balaban J connectivity index is 1.55. The van der Waals surface area contributed by atoms with Crippen LogP contribution >= 0.6 is 0 Å². The predicted octanol–water partition coefficient (Wildman–Crippen LogP) is 3.20. The number of ether oxygens (including phenoxy) is 2. The second-order valence-corrected chi connectivity index (χ2v) is 7.75. The highest BCUT2D eigenvalue weighted by Gasteiger charge is 2.39. The number of nitrogens with one attached hydrogen (secondary N) is 1. The van der Waals surface area contributed by atoms with Crippen molar-refractivity contribution in [3.63, 3.8) is 0 Å². The molecule has 1 fully saturated rings. The molecule has 1 aliphatic rings. The molecule has 130 valence electrons. The molecule has 0 amide bonds. The van der Waals surface area contributed by atoms with Gasteiger partial charge in [-0.2, -0.15) is 0 Å². The molecule has 5 nitrogen and oxygen atoms in total. The van der Waals surface area contributed by atoms with Gasteiger partial charge in [-0.25, -0.2) is 0 Å². The zero-order valence-electron chi connectivity index (χ0n) is 14.7. The van der Waals surface area contributed by atoms with Gasteiger partial charge in [-0.15, -0.1) is 0 Å². The van der Waals surface area contributed by atoms with Crippen LogP contribution in [0.1, 0.15) is 32.2 Å². The summed E-state index contributed by atoms with van der Waals surface area (Å²) in [4.78, 5) is 0. The van der Waals surface area contributed by atoms with Gasteiger partial charge in [-0.3, -0.25) is 0 Å². The van der Waals surface area contributed by atoms with Crippen molar-refractivity contribution in [1.29, 1.82) is 0 Å². The molecule has 0 spiro atoms. The first kappa shape index (κ1) is 17.0. The summed E-state index contributed by atoms with van der Waals surface area (Å²) in [5, 5.41) is 7.84. The van der Waals surface area contributed by atoms with Crippen LogP contribution < -0.4 is 10.1 Å². The summed E-state index contributed by atoms with van der Waals surface area (Å²) in [6.07, 6.45) is 0.803. The second kappa shape index (κ2) is 6.95. The van der Waals surface area contributed by atoms with Crippen LogP contribution in [0.5, 0.6) is 5.75 Å². The van der Waals surface area contributed by atoms with E-state index in [-0.39, 0.29) is 11.0 Å². The van der Waals surface area contributed by atoms with E-state index in [0.717, 1.165) is 30.2 Å². The highest BCUT2D eigenvalue weighted by atomic mass is 16.5. The maximum atomic E-state index is 5.69. The highest BCUT2D eigenvalue weighted by molar-refractivity contribution is 5.21. The van der Waals surface area contributed by atoms with E-state index >= 15 is 0 Å². The van der Waals surface area contributed by atoms with Crippen LogP contribution in [0.4, 0.5) is 0 Å². The third-order valence-corrected chi connectivity index (χ3v) is 4.00. The highest BCUT2D eigenvalue weighted by Crippen LogP contribution is 2.24. The Labute approximate surface area is 143 Å². The number of hydrogen-bond acceptors (Lipinski definition) is 5. The molecule has 1 aromatic carbocycles. The lowest BCUT2D eigenvalue weighted by Crippen LogP contribution is -2.63. The van der Waals surface area contributed by atoms with Crippen molar-refractivity contribution in [2.24, 2.45) is 5.41 Å². The molecule has 0 atom stereocenters. The van der Waals surface area contributed by atoms with Crippen molar-refractivity contribution >= 4 is 0 Å². The van der Waals surface area contributed by atoms with Crippen molar-refractivity contribution in [3.8, 4) is 5.75 Å². The van der Waals surface area contributed by atoms with E-state index in [9.17, 15) is 0 Å². The standard InChI is InChI=1S/C19H26N2O3/c1-18(2,3)12-20-19(13-22-14-19)10-15-9-17(24-21-15)11-23-16-7-5-4-6-8-16/h4-9,20H,10-14H2,1-3H3. The second-order valence-electron chi connectivity index (χ2n) is 7.75. The Morgan fingerprint density at radius 3 is 2.58 bits per heavy atom. The number of aromatic nitrogens is 1. The number of rotatable bonds is 7. The lowest BCUT2D eigenvalue weighted by molar-refractivity contribution is -0.0774. The molecule has 1 aliphatic heterocycles. The van der Waals surface area contributed by atoms with E-state index in [1.165, 1.54) is 0 Å². The summed E-state index contributed by atoms with van der Waals surface area (Å²) in [7, 11) is 0. The fraction of sp³-hybridized carbons (Fsp3) is 0.526. The molecule has 2 heterocycles. The summed E-state index contributed by atoms with van der Waals surface area (Å²) in [6.45, 7) is 9.43. The van der Waals surface area contributed by atoms with E-state index in [1.807, 2.05) is 36.4 Å². The number of benzene rings is 1. The minimum atomic E-state index is -0.0261. The molecule has 1 saturated heterocycles. The quantitative estimate of drug-likeness (QED) is 0.845. The molecule has 3 rings (SSSR count). The van der Waals surface area contributed by atoms with E-state index in [4.69, 9.17) is 14.0 Å². The molecule has 0 saturated carbocycles. The van der Waals surface area contributed by atoms with Crippen LogP contribution in [-0.4, -0.2) is 30.5 Å². The maximum Gasteiger partial charge on any atom is 0.174 e. The van der Waals surface area contributed by atoms with Crippen LogP contribution in [0.3, 0.4) is 0 Å². The Morgan fingerprint density at radius 2 is 1.96 bits per heavy atom. The van der Waals surface area contributed by atoms with Crippen LogP contribution in [0.15, 0.2) is 40.9 Å². The molecule has 24 heavy (non-hydrogen) atoms. The van der Waals surface area contributed by atoms with E-state index in [2.05, 4.69) is 31.2 Å². The van der Waals surface area contributed by atoms with Crippen LogP contribution in [0.2, 0.25) is 0 Å². The Morgan fingerprint density at radius 1 is 1.21 bits per heavy atom. The van der Waals surface area contributed by atoms with Gasteiger partial charge in [0.2, 0.25) is 0 Å². The Kier molecular flexibility index (Phi) is 4.92. The van der Waals surface area contributed by atoms with Gasteiger partial charge < -0.3 is 19.3 Å². The van der Waals surface area contributed by atoms with Gasteiger partial charge in [0.15, 0.2) is 5.76 Å². The smallest absolute Gasteiger partial charge is 0.174 e. The number of para-hydroxylation sites is 1. The van der Waals surface area contributed by atoms with Gasteiger partial charge in [0.05, 0.1) is 24.4 Å². The molecule has 5 heteroatoms. The molecule has 1 aromatic heterocycles. The number of hydrogen-bond donors (Lipinski definition) is 1. The van der Waals surface area contributed by atoms with Crippen LogP contribution in [0, 0.1) is 5.41 Å². The monoisotopic (exact) mass is 330 g/mol. The zero-order chi connectivity index (χ0) is 17.0. The van der Waals surface area contributed by atoms with E-state index in [0.29, 0.717) is 19.8 Å². The number of nitrogens with zero attached hydrogens (tertiary/aromatic N) is 1. The van der Waals surface area contributed by atoms with Crippen molar-refractivity contribution in [3.05, 3.63) is 47.9 Å². The van der Waals surface area contributed by atoms with Gasteiger partial charge >= 0.3 is 0 Å². The van der Waals surface area contributed by atoms with Crippen LogP contribution in [0.25, 0.3) is 0 Å². The molecule has 0 bridgehead atoms. The lowest BCUT2D eigenvalue weighted by Gasteiger charge is -2.43. The lowest BCUT2D eigenvalue weighted by atomic mass is 9.88. The first-order chi connectivity index (χ1) is 11.4. The molecule has 0 aliphatic carbocycles. The fourth-order valence-electron chi connectivity index (χ4n) is 2.59. The summed E-state index contributed by atoms with van der Waals surface area (Å²) in [6, 6.07) is 11.7. The van der Waals surface area contributed by atoms with Gasteiger partial charge in [0.25, 0.3) is 0 Å². The van der Waals surface area contributed by atoms with E-state index < -0.39 is 0 Å². The average molecular weight is 330 g/mol. The van der Waals surface area contributed by atoms with Crippen molar-refractivity contribution in [2.45, 2.75) is 39.3 Å². The summed E-state index contributed by atoms with van der Waals surface area (Å²) in [5.41, 5.74) is 1.15. The zero-order valence-corrected chi connectivity index (χ0v) is 14.7.